The summed E-state index contributed by atoms with van der Waals surface area (Å²) < 4.78 is 20.0. The smallest absolute Gasteiger partial charge is 0.407 e. The van der Waals surface area contributed by atoms with Crippen molar-refractivity contribution < 1.29 is 23.8 Å². The average molecular weight is 505 g/mol. The molecule has 2 rings (SSSR count). The van der Waals surface area contributed by atoms with Crippen LogP contribution in [-0.4, -0.2) is 55.5 Å². The molecule has 10 nitrogen and oxygen atoms in total. The molecule has 11 heteroatoms. The zero-order chi connectivity index (χ0) is 26.0. The molecule has 0 bridgehead atoms. The molecular formula is C24H32N4O6S. The number of allylic oxidation sites excluding steroid dienone is 3. The summed E-state index contributed by atoms with van der Waals surface area (Å²) in [4.78, 5) is 23.2. The van der Waals surface area contributed by atoms with Crippen LogP contribution in [0.15, 0.2) is 53.0 Å². The lowest BCUT2D eigenvalue weighted by atomic mass is 9.95. The van der Waals surface area contributed by atoms with Crippen LogP contribution in [0.25, 0.3) is 0 Å². The first-order valence-electron chi connectivity index (χ1n) is 11.3. The van der Waals surface area contributed by atoms with Gasteiger partial charge in [0, 0.05) is 31.6 Å². The van der Waals surface area contributed by atoms with Crippen LogP contribution < -0.4 is 5.32 Å². The van der Waals surface area contributed by atoms with Crippen molar-refractivity contribution in [1.82, 2.24) is 9.62 Å². The van der Waals surface area contributed by atoms with E-state index in [-0.39, 0.29) is 30.1 Å². The van der Waals surface area contributed by atoms with Crippen molar-refractivity contribution in [2.24, 2.45) is 0 Å². The highest BCUT2D eigenvalue weighted by Crippen LogP contribution is 2.22. The Labute approximate surface area is 208 Å². The lowest BCUT2D eigenvalue weighted by molar-refractivity contribution is -0.385. The number of amides is 1. The van der Waals surface area contributed by atoms with Crippen LogP contribution in [0.4, 0.5) is 10.5 Å². The molecule has 1 aliphatic rings. The summed E-state index contributed by atoms with van der Waals surface area (Å²) in [5.41, 5.74) is 0.101. The number of hydrogen-bond donors (Lipinski definition) is 2. The van der Waals surface area contributed by atoms with Crippen LogP contribution in [0.5, 0.6) is 0 Å². The summed E-state index contributed by atoms with van der Waals surface area (Å²) >= 11 is 0. The predicted octanol–water partition coefficient (Wildman–Crippen LogP) is 3.75. The maximum Gasteiger partial charge on any atom is 0.407 e. The van der Waals surface area contributed by atoms with Gasteiger partial charge in [-0.15, -0.1) is 0 Å². The number of carbonyl (C=O) groups excluding carboxylic acids is 1. The molecule has 3 atom stereocenters. The van der Waals surface area contributed by atoms with Gasteiger partial charge in [-0.2, -0.15) is 5.26 Å². The molecule has 0 heterocycles. The van der Waals surface area contributed by atoms with Gasteiger partial charge >= 0.3 is 6.09 Å². The third kappa shape index (κ3) is 9.60. The van der Waals surface area contributed by atoms with Crippen LogP contribution in [0.1, 0.15) is 46.5 Å². The fourth-order valence-electron chi connectivity index (χ4n) is 3.45. The van der Waals surface area contributed by atoms with E-state index < -0.39 is 39.7 Å². The first-order chi connectivity index (χ1) is 16.5. The van der Waals surface area contributed by atoms with Crippen molar-refractivity contribution in [2.45, 2.75) is 69.1 Å². The van der Waals surface area contributed by atoms with Gasteiger partial charge in [0.05, 0.1) is 28.0 Å². The van der Waals surface area contributed by atoms with Crippen LogP contribution in [0.3, 0.4) is 0 Å². The lowest BCUT2D eigenvalue weighted by Gasteiger charge is -2.30. The van der Waals surface area contributed by atoms with E-state index in [1.54, 1.807) is 20.8 Å². The van der Waals surface area contributed by atoms with E-state index in [0.29, 0.717) is 6.42 Å². The topological polar surface area (TPSA) is 146 Å². The SMILES string of the molecule is CC(C)(C)OC(=O)N[C@@H](CC1=CC=CCC1)C(O)CN(CCC#N)S(=O)c1cccc([N+](=O)[O-])c1. The first kappa shape index (κ1) is 28.2. The molecule has 2 unspecified atom stereocenters. The minimum Gasteiger partial charge on any atom is -0.444 e. The Kier molecular flexibility index (Phi) is 10.6. The number of non-ortho nitro benzene ring substituents is 1. The summed E-state index contributed by atoms with van der Waals surface area (Å²) in [6, 6.07) is 6.67. The van der Waals surface area contributed by atoms with Crippen LogP contribution in [0.2, 0.25) is 0 Å². The standard InChI is InChI=1S/C24H32N4O6S/c1-24(2,3)34-23(30)26-21(15-18-9-5-4-6-10-18)22(29)17-27(14-8-13-25)35(33)20-12-7-11-19(16-20)28(31)32/h4-5,7,9,11-12,16,21-22,29H,6,8,10,14-15,17H2,1-3H3,(H,26,30)/t21-,22?,35?/m0/s1. The highest BCUT2D eigenvalue weighted by Gasteiger charge is 2.29. The largest absolute Gasteiger partial charge is 0.444 e. The van der Waals surface area contributed by atoms with Crippen LogP contribution in [-0.2, 0) is 15.7 Å². The molecular weight excluding hydrogens is 472 g/mol. The summed E-state index contributed by atoms with van der Waals surface area (Å²) in [5, 5.41) is 34.0. The molecule has 1 aliphatic carbocycles. The number of aliphatic hydroxyl groups excluding tert-OH is 1. The molecule has 2 N–H and O–H groups in total. The van der Waals surface area contributed by atoms with Gasteiger partial charge in [-0.25, -0.2) is 13.3 Å². The van der Waals surface area contributed by atoms with Gasteiger partial charge in [0.15, 0.2) is 0 Å². The molecule has 0 saturated heterocycles. The second-order valence-electron chi connectivity index (χ2n) is 9.12. The fraction of sp³-hybridized carbons (Fsp3) is 0.500. The van der Waals surface area contributed by atoms with Crippen molar-refractivity contribution in [3.63, 3.8) is 0 Å². The zero-order valence-corrected chi connectivity index (χ0v) is 21.0. The third-order valence-electron chi connectivity index (χ3n) is 5.08. The Hall–Kier alpha value is -3.07. The van der Waals surface area contributed by atoms with Crippen molar-refractivity contribution in [3.05, 3.63) is 58.2 Å². The van der Waals surface area contributed by atoms with E-state index in [4.69, 9.17) is 10.00 Å². The Morgan fingerprint density at radius 3 is 2.77 bits per heavy atom. The van der Waals surface area contributed by atoms with E-state index in [2.05, 4.69) is 5.32 Å². The number of ether oxygens (including phenoxy) is 1. The first-order valence-corrected chi connectivity index (χ1v) is 12.4. The van der Waals surface area contributed by atoms with E-state index in [0.717, 1.165) is 18.4 Å². The number of nitro benzene ring substituents is 1. The quantitative estimate of drug-likeness (QED) is 0.345. The summed E-state index contributed by atoms with van der Waals surface area (Å²) in [6.07, 6.45) is 6.09. The van der Waals surface area contributed by atoms with Crippen molar-refractivity contribution >= 4 is 22.8 Å². The van der Waals surface area contributed by atoms with Crippen LogP contribution in [0, 0.1) is 21.4 Å². The normalized spacial score (nSPS) is 16.1. The van der Waals surface area contributed by atoms with Gasteiger partial charge in [-0.05, 0) is 46.1 Å². The van der Waals surface area contributed by atoms with E-state index >= 15 is 0 Å². The third-order valence-corrected chi connectivity index (χ3v) is 6.53. The highest BCUT2D eigenvalue weighted by molar-refractivity contribution is 7.82. The number of carbonyl (C=O) groups is 1. The van der Waals surface area contributed by atoms with Crippen molar-refractivity contribution in [3.8, 4) is 6.07 Å². The average Bonchev–Trinajstić information content (AvgIpc) is 2.80. The Bertz CT molecular complexity index is 1030. The van der Waals surface area contributed by atoms with Gasteiger partial charge in [0.1, 0.15) is 16.6 Å². The monoisotopic (exact) mass is 504 g/mol. The van der Waals surface area contributed by atoms with Gasteiger partial charge in [-0.3, -0.25) is 10.1 Å². The van der Waals surface area contributed by atoms with Crippen molar-refractivity contribution in [2.75, 3.05) is 13.1 Å². The molecule has 0 fully saturated rings. The Morgan fingerprint density at radius 1 is 1.43 bits per heavy atom. The molecule has 0 spiro atoms. The number of aliphatic hydroxyl groups is 1. The lowest BCUT2D eigenvalue weighted by Crippen LogP contribution is -2.50. The maximum absolute atomic E-state index is 13.2. The summed E-state index contributed by atoms with van der Waals surface area (Å²) in [7, 11) is -1.87. The number of nitriles is 1. The molecule has 0 aromatic heterocycles. The van der Waals surface area contributed by atoms with Crippen molar-refractivity contribution in [1.29, 1.82) is 5.26 Å². The maximum atomic E-state index is 13.2. The molecule has 190 valence electrons. The number of nitro groups is 1. The van der Waals surface area contributed by atoms with Crippen LogP contribution >= 0.6 is 0 Å². The number of nitrogens with one attached hydrogen (secondary N) is 1. The number of benzene rings is 1. The van der Waals surface area contributed by atoms with Gasteiger partial charge in [-0.1, -0.05) is 29.9 Å². The van der Waals surface area contributed by atoms with Gasteiger partial charge in [0.2, 0.25) is 0 Å². The van der Waals surface area contributed by atoms with E-state index in [1.165, 1.54) is 28.6 Å². The molecule has 0 radical (unpaired) electrons. The second kappa shape index (κ2) is 13.1. The highest BCUT2D eigenvalue weighted by atomic mass is 32.2. The van der Waals surface area contributed by atoms with E-state index in [9.17, 15) is 24.2 Å². The number of alkyl carbamates (subject to hydrolysis) is 1. The minimum absolute atomic E-state index is 0.0352. The summed E-state index contributed by atoms with van der Waals surface area (Å²) in [6.45, 7) is 5.13. The second-order valence-corrected chi connectivity index (χ2v) is 10.6. The Morgan fingerprint density at radius 2 is 2.17 bits per heavy atom. The zero-order valence-electron chi connectivity index (χ0n) is 20.2. The minimum atomic E-state index is -1.87. The molecule has 1 aromatic rings. The molecule has 35 heavy (non-hydrogen) atoms. The van der Waals surface area contributed by atoms with E-state index in [1.807, 2.05) is 24.3 Å². The molecule has 0 saturated carbocycles. The molecule has 1 amide bonds. The molecule has 0 aliphatic heterocycles. The predicted molar refractivity (Wildman–Crippen MR) is 132 cm³/mol. The number of rotatable bonds is 11. The fourth-order valence-corrected chi connectivity index (χ4v) is 4.71. The number of hydrogen-bond acceptors (Lipinski definition) is 7. The number of nitrogens with zero attached hydrogens (tertiary/aromatic N) is 3. The molecule has 1 aromatic carbocycles. The summed E-state index contributed by atoms with van der Waals surface area (Å²) in [5.74, 6) is 0. The van der Waals surface area contributed by atoms with Gasteiger partial charge < -0.3 is 15.2 Å². The van der Waals surface area contributed by atoms with Gasteiger partial charge in [0.25, 0.3) is 5.69 Å². The Balaban J connectivity index is 2.24.